The summed E-state index contributed by atoms with van der Waals surface area (Å²) in [6, 6.07) is 0.365. The molecule has 1 heterocycles. The fraction of sp³-hybridized carbons (Fsp3) is 0.875. The first kappa shape index (κ1) is 7.58. The van der Waals surface area contributed by atoms with E-state index >= 15 is 0 Å². The minimum atomic E-state index is 0.214. The molecule has 1 N–H and O–H groups in total. The van der Waals surface area contributed by atoms with Crippen molar-refractivity contribution >= 4 is 5.91 Å². The first-order valence-electron chi connectivity index (χ1n) is 3.91. The summed E-state index contributed by atoms with van der Waals surface area (Å²) < 4.78 is 0. The van der Waals surface area contributed by atoms with Gasteiger partial charge < -0.3 is 5.32 Å². The minimum absolute atomic E-state index is 0.214. The molecule has 3 atom stereocenters. The number of hydrogen-bond acceptors (Lipinski definition) is 1. The molecule has 10 heavy (non-hydrogen) atoms. The molecule has 1 amide bonds. The smallest absolute Gasteiger partial charge is 0.223 e. The number of hydrogen-bond donors (Lipinski definition) is 1. The van der Waals surface area contributed by atoms with Gasteiger partial charge in [-0.15, -0.1) is 0 Å². The van der Waals surface area contributed by atoms with Crippen LogP contribution in [0, 0.1) is 11.8 Å². The van der Waals surface area contributed by atoms with E-state index in [1.54, 1.807) is 0 Å². The lowest BCUT2D eigenvalue weighted by Gasteiger charge is -2.30. The maximum Gasteiger partial charge on any atom is 0.223 e. The van der Waals surface area contributed by atoms with Gasteiger partial charge >= 0.3 is 0 Å². The van der Waals surface area contributed by atoms with E-state index in [2.05, 4.69) is 19.2 Å². The second-order valence-electron chi connectivity index (χ2n) is 3.41. The van der Waals surface area contributed by atoms with Crippen molar-refractivity contribution in [3.05, 3.63) is 0 Å². The second-order valence-corrected chi connectivity index (χ2v) is 3.41. The average Bonchev–Trinajstić information content (AvgIpc) is 1.84. The van der Waals surface area contributed by atoms with Crippen molar-refractivity contribution < 1.29 is 4.79 Å². The molecule has 1 aliphatic rings. The fourth-order valence-electron chi connectivity index (χ4n) is 1.38. The van der Waals surface area contributed by atoms with Gasteiger partial charge in [0.05, 0.1) is 0 Å². The monoisotopic (exact) mass is 141 g/mol. The van der Waals surface area contributed by atoms with Gasteiger partial charge in [0, 0.05) is 12.0 Å². The highest BCUT2D eigenvalue weighted by atomic mass is 16.2. The van der Waals surface area contributed by atoms with E-state index in [4.69, 9.17) is 0 Å². The third-order valence-electron chi connectivity index (χ3n) is 2.40. The lowest BCUT2D eigenvalue weighted by atomic mass is 9.87. The standard InChI is InChI=1S/C8H15NO/c1-5-4-6(2)8(10)9-7(5)3/h5-7H,4H2,1-3H3,(H,9,10). The van der Waals surface area contributed by atoms with Crippen LogP contribution in [-0.2, 0) is 4.79 Å². The molecule has 3 unspecified atom stereocenters. The number of piperidine rings is 1. The summed E-state index contributed by atoms with van der Waals surface area (Å²) in [5, 5.41) is 2.94. The van der Waals surface area contributed by atoms with Gasteiger partial charge in [-0.3, -0.25) is 4.79 Å². The zero-order valence-electron chi connectivity index (χ0n) is 6.85. The van der Waals surface area contributed by atoms with E-state index in [-0.39, 0.29) is 11.8 Å². The maximum atomic E-state index is 11.0. The molecule has 0 aromatic carbocycles. The normalized spacial score (nSPS) is 41.1. The molecule has 0 aromatic rings. The Morgan fingerprint density at radius 3 is 2.50 bits per heavy atom. The summed E-state index contributed by atoms with van der Waals surface area (Å²) in [7, 11) is 0. The Hall–Kier alpha value is -0.530. The Labute approximate surface area is 62.0 Å². The van der Waals surface area contributed by atoms with E-state index < -0.39 is 0 Å². The van der Waals surface area contributed by atoms with E-state index in [0.29, 0.717) is 12.0 Å². The Balaban J connectivity index is 2.54. The van der Waals surface area contributed by atoms with Gasteiger partial charge in [0.15, 0.2) is 0 Å². The lowest BCUT2D eigenvalue weighted by molar-refractivity contribution is -0.128. The molecule has 1 fully saturated rings. The summed E-state index contributed by atoms with van der Waals surface area (Å²) in [6.07, 6.45) is 1.03. The molecule has 1 saturated heterocycles. The summed E-state index contributed by atoms with van der Waals surface area (Å²) in [4.78, 5) is 11.0. The summed E-state index contributed by atoms with van der Waals surface area (Å²) >= 11 is 0. The molecule has 1 aliphatic heterocycles. The largest absolute Gasteiger partial charge is 0.353 e. The first-order valence-corrected chi connectivity index (χ1v) is 3.91. The van der Waals surface area contributed by atoms with Crippen LogP contribution in [0.2, 0.25) is 0 Å². The highest BCUT2D eigenvalue weighted by Gasteiger charge is 2.26. The minimum Gasteiger partial charge on any atom is -0.353 e. The van der Waals surface area contributed by atoms with E-state index in [0.717, 1.165) is 6.42 Å². The fourth-order valence-corrected chi connectivity index (χ4v) is 1.38. The van der Waals surface area contributed by atoms with Gasteiger partial charge in [-0.25, -0.2) is 0 Å². The van der Waals surface area contributed by atoms with Crippen LogP contribution in [0.5, 0.6) is 0 Å². The number of carbonyl (C=O) groups is 1. The molecule has 0 aromatic heterocycles. The summed E-state index contributed by atoms with van der Waals surface area (Å²) in [5.41, 5.74) is 0. The van der Waals surface area contributed by atoms with Crippen LogP contribution in [0.4, 0.5) is 0 Å². The summed E-state index contributed by atoms with van der Waals surface area (Å²) in [6.45, 7) is 6.23. The van der Waals surface area contributed by atoms with Crippen LogP contribution >= 0.6 is 0 Å². The van der Waals surface area contributed by atoms with Crippen LogP contribution in [0.1, 0.15) is 27.2 Å². The molecule has 0 radical (unpaired) electrons. The van der Waals surface area contributed by atoms with Crippen molar-refractivity contribution in [2.24, 2.45) is 11.8 Å². The van der Waals surface area contributed by atoms with Gasteiger partial charge in [-0.1, -0.05) is 13.8 Å². The van der Waals surface area contributed by atoms with Gasteiger partial charge in [0.25, 0.3) is 0 Å². The van der Waals surface area contributed by atoms with E-state index in [1.807, 2.05) is 6.92 Å². The van der Waals surface area contributed by atoms with Crippen molar-refractivity contribution in [3.8, 4) is 0 Å². The number of amides is 1. The molecule has 2 nitrogen and oxygen atoms in total. The second kappa shape index (κ2) is 2.60. The molecular weight excluding hydrogens is 126 g/mol. The van der Waals surface area contributed by atoms with Crippen LogP contribution in [-0.4, -0.2) is 11.9 Å². The van der Waals surface area contributed by atoms with Gasteiger partial charge in [0.1, 0.15) is 0 Å². The van der Waals surface area contributed by atoms with Gasteiger partial charge in [-0.05, 0) is 19.3 Å². The Bertz CT molecular complexity index is 144. The van der Waals surface area contributed by atoms with Crippen molar-refractivity contribution in [2.45, 2.75) is 33.2 Å². The van der Waals surface area contributed by atoms with Crippen molar-refractivity contribution in [3.63, 3.8) is 0 Å². The van der Waals surface area contributed by atoms with Gasteiger partial charge in [0.2, 0.25) is 5.91 Å². The lowest BCUT2D eigenvalue weighted by Crippen LogP contribution is -2.46. The van der Waals surface area contributed by atoms with Crippen LogP contribution in [0.15, 0.2) is 0 Å². The maximum absolute atomic E-state index is 11.0. The third-order valence-corrected chi connectivity index (χ3v) is 2.40. The summed E-state index contributed by atoms with van der Waals surface area (Å²) in [5.74, 6) is 1.06. The molecular formula is C8H15NO. The molecule has 0 spiro atoms. The van der Waals surface area contributed by atoms with Crippen molar-refractivity contribution in [1.82, 2.24) is 5.32 Å². The highest BCUT2D eigenvalue weighted by Crippen LogP contribution is 2.20. The zero-order valence-corrected chi connectivity index (χ0v) is 6.85. The Kier molecular flexibility index (Phi) is 1.97. The van der Waals surface area contributed by atoms with E-state index in [1.165, 1.54) is 0 Å². The molecule has 1 rings (SSSR count). The quantitative estimate of drug-likeness (QED) is 0.539. The van der Waals surface area contributed by atoms with Crippen LogP contribution < -0.4 is 5.32 Å². The molecule has 2 heteroatoms. The zero-order chi connectivity index (χ0) is 7.72. The van der Waals surface area contributed by atoms with Crippen LogP contribution in [0.25, 0.3) is 0 Å². The molecule has 0 saturated carbocycles. The first-order chi connectivity index (χ1) is 4.61. The van der Waals surface area contributed by atoms with Crippen molar-refractivity contribution in [1.29, 1.82) is 0 Å². The predicted octanol–water partition coefficient (Wildman–Crippen LogP) is 1.17. The third kappa shape index (κ3) is 1.31. The number of carbonyl (C=O) groups excluding carboxylic acids is 1. The Morgan fingerprint density at radius 2 is 2.00 bits per heavy atom. The number of rotatable bonds is 0. The topological polar surface area (TPSA) is 29.1 Å². The average molecular weight is 141 g/mol. The van der Waals surface area contributed by atoms with Crippen molar-refractivity contribution in [2.75, 3.05) is 0 Å². The molecule has 0 aliphatic carbocycles. The molecule has 58 valence electrons. The van der Waals surface area contributed by atoms with Crippen LogP contribution in [0.3, 0.4) is 0 Å². The highest BCUT2D eigenvalue weighted by molar-refractivity contribution is 5.79. The van der Waals surface area contributed by atoms with Gasteiger partial charge in [-0.2, -0.15) is 0 Å². The molecule has 0 bridgehead atoms. The number of nitrogens with one attached hydrogen (secondary N) is 1. The Morgan fingerprint density at radius 1 is 1.40 bits per heavy atom. The predicted molar refractivity (Wildman–Crippen MR) is 40.5 cm³/mol. The van der Waals surface area contributed by atoms with E-state index in [9.17, 15) is 4.79 Å². The SMILES string of the molecule is CC1CC(C)C(C)NC1=O.